The molecule has 0 aliphatic carbocycles. The van der Waals surface area contributed by atoms with Gasteiger partial charge in [-0.2, -0.15) is 0 Å². The molecule has 2 aromatic rings. The summed E-state index contributed by atoms with van der Waals surface area (Å²) in [5, 5.41) is 0.612. The fraction of sp³-hybridized carbons (Fsp3) is 0.294. The molecular formula is C17H19BrClNO. The van der Waals surface area contributed by atoms with Crippen molar-refractivity contribution in [1.82, 2.24) is 0 Å². The third kappa shape index (κ3) is 4.47. The van der Waals surface area contributed by atoms with Gasteiger partial charge in [-0.1, -0.05) is 46.6 Å². The lowest BCUT2D eigenvalue weighted by atomic mass is 10.0. The van der Waals surface area contributed by atoms with E-state index in [0.717, 1.165) is 34.2 Å². The van der Waals surface area contributed by atoms with Crippen molar-refractivity contribution in [2.45, 2.75) is 32.7 Å². The Bertz CT molecular complexity index is 630. The molecule has 0 spiro atoms. The summed E-state index contributed by atoms with van der Waals surface area (Å²) in [5.41, 5.74) is 8.26. The van der Waals surface area contributed by atoms with E-state index in [2.05, 4.69) is 22.9 Å². The largest absolute Gasteiger partial charge is 0.455 e. The summed E-state index contributed by atoms with van der Waals surface area (Å²) in [6, 6.07) is 11.9. The van der Waals surface area contributed by atoms with Crippen molar-refractivity contribution < 1.29 is 4.74 Å². The van der Waals surface area contributed by atoms with E-state index in [9.17, 15) is 0 Å². The van der Waals surface area contributed by atoms with Gasteiger partial charge in [0.15, 0.2) is 0 Å². The highest BCUT2D eigenvalue weighted by atomic mass is 79.9. The Labute approximate surface area is 139 Å². The molecule has 2 aromatic carbocycles. The number of ether oxygens (including phenoxy) is 1. The number of nitrogens with two attached hydrogens (primary N) is 1. The van der Waals surface area contributed by atoms with Crippen LogP contribution in [0.25, 0.3) is 0 Å². The molecule has 4 heteroatoms. The summed E-state index contributed by atoms with van der Waals surface area (Å²) in [6.07, 6.45) is 1.71. The van der Waals surface area contributed by atoms with E-state index in [4.69, 9.17) is 22.1 Å². The third-order valence-corrected chi connectivity index (χ3v) is 4.13. The van der Waals surface area contributed by atoms with Crippen molar-refractivity contribution in [1.29, 1.82) is 0 Å². The maximum atomic E-state index is 6.24. The first-order chi connectivity index (χ1) is 9.99. The van der Waals surface area contributed by atoms with Crippen LogP contribution >= 0.6 is 27.5 Å². The van der Waals surface area contributed by atoms with E-state index >= 15 is 0 Å². The van der Waals surface area contributed by atoms with Crippen LogP contribution in [0.2, 0.25) is 5.02 Å². The first-order valence-corrected chi connectivity index (χ1v) is 8.14. The zero-order valence-electron chi connectivity index (χ0n) is 12.2. The molecule has 21 heavy (non-hydrogen) atoms. The van der Waals surface area contributed by atoms with Crippen LogP contribution in [0.5, 0.6) is 11.5 Å². The van der Waals surface area contributed by atoms with Gasteiger partial charge in [-0.25, -0.2) is 0 Å². The van der Waals surface area contributed by atoms with Crippen LogP contribution in [0.1, 0.15) is 24.5 Å². The van der Waals surface area contributed by atoms with Crippen molar-refractivity contribution in [3.63, 3.8) is 0 Å². The monoisotopic (exact) mass is 367 g/mol. The van der Waals surface area contributed by atoms with E-state index in [0.29, 0.717) is 10.8 Å². The highest BCUT2D eigenvalue weighted by Gasteiger charge is 2.11. The van der Waals surface area contributed by atoms with Crippen molar-refractivity contribution >= 4 is 27.5 Å². The predicted molar refractivity (Wildman–Crippen MR) is 92.4 cm³/mol. The normalized spacial score (nSPS) is 12.2. The van der Waals surface area contributed by atoms with Gasteiger partial charge in [0.25, 0.3) is 0 Å². The lowest BCUT2D eigenvalue weighted by Gasteiger charge is -2.15. The highest BCUT2D eigenvalue weighted by molar-refractivity contribution is 9.10. The molecule has 1 unspecified atom stereocenters. The number of hydrogen-bond donors (Lipinski definition) is 1. The van der Waals surface area contributed by atoms with Gasteiger partial charge in [0.2, 0.25) is 0 Å². The van der Waals surface area contributed by atoms with Gasteiger partial charge in [0, 0.05) is 10.5 Å². The van der Waals surface area contributed by atoms with Gasteiger partial charge in [-0.3, -0.25) is 0 Å². The fourth-order valence-electron chi connectivity index (χ4n) is 2.03. The van der Waals surface area contributed by atoms with Gasteiger partial charge in [-0.15, -0.1) is 0 Å². The molecule has 112 valence electrons. The standard InChI is InChI=1S/C17H19BrClNO/c1-3-14(20)9-12-5-6-13(18)10-17(12)21-16-7-4-11(2)8-15(16)19/h4-8,10,14H,3,9,20H2,1-2H3. The molecule has 0 saturated carbocycles. The smallest absolute Gasteiger partial charge is 0.146 e. The van der Waals surface area contributed by atoms with Crippen LogP contribution in [0.3, 0.4) is 0 Å². The summed E-state index contributed by atoms with van der Waals surface area (Å²) in [4.78, 5) is 0. The van der Waals surface area contributed by atoms with Gasteiger partial charge < -0.3 is 10.5 Å². The van der Waals surface area contributed by atoms with E-state index < -0.39 is 0 Å². The minimum atomic E-state index is 0.127. The number of rotatable bonds is 5. The highest BCUT2D eigenvalue weighted by Crippen LogP contribution is 2.34. The Morgan fingerprint density at radius 2 is 1.95 bits per heavy atom. The average Bonchev–Trinajstić information content (AvgIpc) is 2.44. The first kappa shape index (κ1) is 16.3. The maximum Gasteiger partial charge on any atom is 0.146 e. The fourth-order valence-corrected chi connectivity index (χ4v) is 2.64. The Morgan fingerprint density at radius 3 is 2.62 bits per heavy atom. The lowest BCUT2D eigenvalue weighted by molar-refractivity contribution is 0.472. The third-order valence-electron chi connectivity index (χ3n) is 3.34. The van der Waals surface area contributed by atoms with Gasteiger partial charge >= 0.3 is 0 Å². The molecule has 0 bridgehead atoms. The number of benzene rings is 2. The second-order valence-electron chi connectivity index (χ2n) is 5.16. The molecule has 0 saturated heterocycles. The molecule has 0 radical (unpaired) electrons. The summed E-state index contributed by atoms with van der Waals surface area (Å²) in [5.74, 6) is 1.45. The van der Waals surface area contributed by atoms with Gasteiger partial charge in [0.05, 0.1) is 5.02 Å². The Kier molecular flexibility index (Phi) is 5.68. The molecule has 2 nitrogen and oxygen atoms in total. The van der Waals surface area contributed by atoms with Crippen molar-refractivity contribution in [3.05, 3.63) is 57.0 Å². The zero-order chi connectivity index (χ0) is 15.4. The van der Waals surface area contributed by atoms with E-state index in [1.807, 2.05) is 43.3 Å². The van der Waals surface area contributed by atoms with Gasteiger partial charge in [-0.05, 0) is 55.2 Å². The quantitative estimate of drug-likeness (QED) is 0.758. The molecule has 0 aliphatic heterocycles. The zero-order valence-corrected chi connectivity index (χ0v) is 14.5. The van der Waals surface area contributed by atoms with Crippen LogP contribution < -0.4 is 10.5 Å². The summed E-state index contributed by atoms with van der Waals surface area (Å²) < 4.78 is 6.97. The Hall–Kier alpha value is -1.03. The number of hydrogen-bond acceptors (Lipinski definition) is 2. The molecule has 2 rings (SSSR count). The summed E-state index contributed by atoms with van der Waals surface area (Å²) >= 11 is 9.72. The first-order valence-electron chi connectivity index (χ1n) is 6.97. The summed E-state index contributed by atoms with van der Waals surface area (Å²) in [6.45, 7) is 4.08. The lowest BCUT2D eigenvalue weighted by Crippen LogP contribution is -2.21. The van der Waals surface area contributed by atoms with Crippen molar-refractivity contribution in [3.8, 4) is 11.5 Å². The molecule has 0 aromatic heterocycles. The van der Waals surface area contributed by atoms with E-state index in [1.165, 1.54) is 0 Å². The minimum absolute atomic E-state index is 0.127. The van der Waals surface area contributed by atoms with Crippen LogP contribution in [0.15, 0.2) is 40.9 Å². The Morgan fingerprint density at radius 1 is 1.19 bits per heavy atom. The minimum Gasteiger partial charge on any atom is -0.455 e. The second-order valence-corrected chi connectivity index (χ2v) is 6.48. The van der Waals surface area contributed by atoms with E-state index in [1.54, 1.807) is 0 Å². The Balaban J connectivity index is 2.31. The molecule has 0 heterocycles. The van der Waals surface area contributed by atoms with E-state index in [-0.39, 0.29) is 6.04 Å². The molecule has 0 fully saturated rings. The molecular weight excluding hydrogens is 350 g/mol. The van der Waals surface area contributed by atoms with Crippen LogP contribution in [-0.2, 0) is 6.42 Å². The topological polar surface area (TPSA) is 35.2 Å². The molecule has 0 aliphatic rings. The number of aryl methyl sites for hydroxylation is 1. The van der Waals surface area contributed by atoms with Crippen molar-refractivity contribution in [2.75, 3.05) is 0 Å². The van der Waals surface area contributed by atoms with Crippen LogP contribution in [0, 0.1) is 6.92 Å². The predicted octanol–water partition coefficient (Wildman–Crippen LogP) is 5.48. The van der Waals surface area contributed by atoms with Gasteiger partial charge in [0.1, 0.15) is 11.5 Å². The van der Waals surface area contributed by atoms with Crippen LogP contribution in [-0.4, -0.2) is 6.04 Å². The maximum absolute atomic E-state index is 6.24. The van der Waals surface area contributed by atoms with Crippen LogP contribution in [0.4, 0.5) is 0 Å². The van der Waals surface area contributed by atoms with Crippen molar-refractivity contribution in [2.24, 2.45) is 5.73 Å². The average molecular weight is 369 g/mol. The SMILES string of the molecule is CCC(N)Cc1ccc(Br)cc1Oc1ccc(C)cc1Cl. The molecule has 0 amide bonds. The summed E-state index contributed by atoms with van der Waals surface area (Å²) in [7, 11) is 0. The number of halogens is 2. The molecule has 2 N–H and O–H groups in total. The molecule has 1 atom stereocenters. The second kappa shape index (κ2) is 7.30.